The zero-order valence-corrected chi connectivity index (χ0v) is 38.3. The van der Waals surface area contributed by atoms with Crippen molar-refractivity contribution in [1.29, 1.82) is 0 Å². The molecule has 12 heteroatoms. The fraction of sp³-hybridized carbons (Fsp3) is 0.463. The number of aliphatic hydroxyl groups is 2. The number of carbonyl (C=O) groups is 2. The van der Waals surface area contributed by atoms with Gasteiger partial charge in [-0.05, 0) is 122 Å². The number of methoxy groups -OCH3 is 1. The number of hydrogen-bond acceptors (Lipinski definition) is 11. The van der Waals surface area contributed by atoms with E-state index in [1.165, 1.54) is 7.11 Å². The minimum absolute atomic E-state index is 0.0228. The van der Waals surface area contributed by atoms with Gasteiger partial charge in [0.2, 0.25) is 12.1 Å². The molecule has 0 spiro atoms. The zero-order valence-electron chi connectivity index (χ0n) is 38.3. The molecule has 66 heavy (non-hydrogen) atoms. The van der Waals surface area contributed by atoms with E-state index in [1.54, 1.807) is 24.3 Å². The smallest absolute Gasteiger partial charge is 0.254 e. The first-order chi connectivity index (χ1) is 32.4. The number of aldehydes is 1. The molecular weight excluding hydrogens is 837 g/mol. The van der Waals surface area contributed by atoms with Gasteiger partial charge in [-0.15, -0.1) is 6.58 Å². The third-order valence-electron chi connectivity index (χ3n) is 13.7. The molecule has 7 atom stereocenters. The van der Waals surface area contributed by atoms with Gasteiger partial charge < -0.3 is 43.6 Å². The lowest BCUT2D eigenvalue weighted by Crippen LogP contribution is -2.70. The summed E-state index contributed by atoms with van der Waals surface area (Å²) in [5.41, 5.74) is 3.52. The second-order valence-corrected chi connectivity index (χ2v) is 17.9. The Morgan fingerprint density at radius 1 is 0.955 bits per heavy atom. The van der Waals surface area contributed by atoms with Crippen LogP contribution in [0, 0.1) is 17.8 Å². The van der Waals surface area contributed by atoms with Crippen LogP contribution >= 0.6 is 0 Å². The number of hydrogen-bond donors (Lipinski definition) is 2. The van der Waals surface area contributed by atoms with E-state index in [0.29, 0.717) is 66.5 Å². The molecule has 12 nitrogen and oxygen atoms in total. The van der Waals surface area contributed by atoms with Crippen molar-refractivity contribution < 1.29 is 48.3 Å². The molecule has 0 bridgehead atoms. The van der Waals surface area contributed by atoms with Crippen molar-refractivity contribution in [2.24, 2.45) is 22.9 Å². The number of amides is 1. The van der Waals surface area contributed by atoms with Gasteiger partial charge in [0, 0.05) is 49.6 Å². The van der Waals surface area contributed by atoms with E-state index in [9.17, 15) is 15.0 Å². The van der Waals surface area contributed by atoms with Crippen molar-refractivity contribution in [2.75, 3.05) is 40.1 Å². The molecule has 0 radical (unpaired) electrons. The summed E-state index contributed by atoms with van der Waals surface area (Å²) in [5, 5.41) is 27.1. The number of allylic oxidation sites excluding steroid dienone is 1. The molecule has 1 saturated heterocycles. The minimum Gasteiger partial charge on any atom is -0.496 e. The monoisotopic (exact) mass is 900 g/mol. The van der Waals surface area contributed by atoms with Gasteiger partial charge in [-0.3, -0.25) is 9.59 Å². The number of fused-ring (bicyclic) bond motifs is 3. The third-order valence-corrected chi connectivity index (χ3v) is 13.7. The summed E-state index contributed by atoms with van der Waals surface area (Å²) in [4.78, 5) is 35.6. The highest BCUT2D eigenvalue weighted by molar-refractivity contribution is 6.04. The summed E-state index contributed by atoms with van der Waals surface area (Å²) in [7, 11) is 1.52. The number of aliphatic hydroxyl groups excluding tert-OH is 2. The molecule has 2 aliphatic carbocycles. The third kappa shape index (κ3) is 9.79. The largest absolute Gasteiger partial charge is 0.496 e. The Morgan fingerprint density at radius 3 is 2.48 bits per heavy atom. The molecule has 0 aromatic heterocycles. The van der Waals surface area contributed by atoms with Gasteiger partial charge >= 0.3 is 0 Å². The molecule has 4 aromatic rings. The molecule has 1 saturated carbocycles. The van der Waals surface area contributed by atoms with E-state index >= 15 is 4.79 Å². The Bertz CT molecular complexity index is 2390. The molecule has 2 N–H and O–H groups in total. The van der Waals surface area contributed by atoms with E-state index in [2.05, 4.69) is 19.6 Å². The highest BCUT2D eigenvalue weighted by Crippen LogP contribution is 2.62. The molecule has 4 aromatic carbocycles. The van der Waals surface area contributed by atoms with Crippen LogP contribution in [0.1, 0.15) is 110 Å². The highest BCUT2D eigenvalue weighted by Gasteiger charge is 2.65. The predicted octanol–water partition coefficient (Wildman–Crippen LogP) is 10.2. The van der Waals surface area contributed by atoms with Crippen LogP contribution in [0.25, 0.3) is 10.8 Å². The van der Waals surface area contributed by atoms with Gasteiger partial charge in [0.25, 0.3) is 5.91 Å². The SMILES string of the molecule is C=CCOC12Oc3ccc(Oc4ccc(OC)c(C=O)c4)cc3C3C(CCCCO)C(CCCCO)C=C(C(=NOC4CCCCO4)CC1N(CCC)C(=O)c1ccc4ccccc4c1)C32. The summed E-state index contributed by atoms with van der Waals surface area (Å²) in [6, 6.07) is 24.2. The Labute approximate surface area is 388 Å². The average molecular weight is 901 g/mol. The van der Waals surface area contributed by atoms with Crippen LogP contribution in [0.3, 0.4) is 0 Å². The number of carbonyl (C=O) groups excluding carboxylic acids is 2. The lowest BCUT2D eigenvalue weighted by Gasteiger charge is -2.60. The van der Waals surface area contributed by atoms with Gasteiger partial charge in [-0.25, -0.2) is 0 Å². The Kier molecular flexibility index (Phi) is 15.6. The summed E-state index contributed by atoms with van der Waals surface area (Å²) < 4.78 is 32.6. The Morgan fingerprint density at radius 2 is 1.74 bits per heavy atom. The van der Waals surface area contributed by atoms with Gasteiger partial charge in [-0.2, -0.15) is 0 Å². The minimum atomic E-state index is -1.41. The van der Waals surface area contributed by atoms with Crippen LogP contribution in [0.5, 0.6) is 23.0 Å². The number of rotatable bonds is 21. The normalized spacial score (nSPS) is 24.9. The summed E-state index contributed by atoms with van der Waals surface area (Å²) in [6.45, 7) is 7.49. The van der Waals surface area contributed by atoms with Crippen LogP contribution in [0.15, 0.2) is 108 Å². The summed E-state index contributed by atoms with van der Waals surface area (Å²) in [6.07, 6.45) is 12.4. The molecule has 4 aliphatic rings. The van der Waals surface area contributed by atoms with Crippen molar-refractivity contribution in [3.8, 4) is 23.0 Å². The fourth-order valence-corrected chi connectivity index (χ4v) is 10.8. The highest BCUT2D eigenvalue weighted by atomic mass is 16.8. The van der Waals surface area contributed by atoms with E-state index < -0.39 is 24.0 Å². The first-order valence-electron chi connectivity index (χ1n) is 23.8. The zero-order chi connectivity index (χ0) is 46.0. The van der Waals surface area contributed by atoms with Crippen molar-refractivity contribution in [2.45, 2.75) is 102 Å². The first kappa shape index (κ1) is 47.0. The van der Waals surface area contributed by atoms with Gasteiger partial charge in [0.05, 0.1) is 37.5 Å². The van der Waals surface area contributed by atoms with E-state index in [-0.39, 0.29) is 49.9 Å². The molecule has 8 rings (SSSR count). The van der Waals surface area contributed by atoms with Crippen LogP contribution in [0.2, 0.25) is 0 Å². The van der Waals surface area contributed by atoms with E-state index in [0.717, 1.165) is 78.9 Å². The summed E-state index contributed by atoms with van der Waals surface area (Å²) >= 11 is 0. The Hall–Kier alpha value is -5.53. The van der Waals surface area contributed by atoms with E-state index in [1.807, 2.05) is 65.6 Å². The van der Waals surface area contributed by atoms with Crippen LogP contribution < -0.4 is 14.2 Å². The second kappa shape index (κ2) is 21.8. The van der Waals surface area contributed by atoms with Gasteiger partial charge in [0.15, 0.2) is 6.29 Å². The molecule has 1 amide bonds. The van der Waals surface area contributed by atoms with Crippen LogP contribution in [0.4, 0.5) is 0 Å². The maximum Gasteiger partial charge on any atom is 0.254 e. The predicted molar refractivity (Wildman–Crippen MR) is 253 cm³/mol. The van der Waals surface area contributed by atoms with Crippen LogP contribution in [-0.2, 0) is 14.3 Å². The van der Waals surface area contributed by atoms with Crippen molar-refractivity contribution in [3.63, 3.8) is 0 Å². The molecule has 2 fully saturated rings. The lowest BCUT2D eigenvalue weighted by molar-refractivity contribution is -0.254. The summed E-state index contributed by atoms with van der Waals surface area (Å²) in [5.74, 6) is -0.131. The Balaban J connectivity index is 1.33. The molecule has 7 unspecified atom stereocenters. The quantitative estimate of drug-likeness (QED) is 0.0359. The van der Waals surface area contributed by atoms with Gasteiger partial charge in [0.1, 0.15) is 29.0 Å². The average Bonchev–Trinajstić information content (AvgIpc) is 3.35. The van der Waals surface area contributed by atoms with Crippen molar-refractivity contribution >= 4 is 28.7 Å². The molecule has 2 heterocycles. The number of benzene rings is 4. The lowest BCUT2D eigenvalue weighted by atomic mass is 9.55. The van der Waals surface area contributed by atoms with Crippen molar-refractivity contribution in [3.05, 3.63) is 120 Å². The van der Waals surface area contributed by atoms with Crippen molar-refractivity contribution in [1.82, 2.24) is 4.90 Å². The molecule has 350 valence electrons. The van der Waals surface area contributed by atoms with Crippen LogP contribution in [-0.4, -0.2) is 91.2 Å². The number of ether oxygens (including phenoxy) is 5. The topological polar surface area (TPSA) is 146 Å². The molecule has 2 aliphatic heterocycles. The molecular formula is C54H64N2O10. The maximum absolute atomic E-state index is 15.3. The number of oxime groups is 1. The first-order valence-corrected chi connectivity index (χ1v) is 23.8. The number of unbranched alkanes of at least 4 members (excludes halogenated alkanes) is 2. The fourth-order valence-electron chi connectivity index (χ4n) is 10.8. The standard InChI is InChI=1S/C54H64N2O10/c1-4-25-56(53(60)39-20-19-36-14-6-7-15-37(36)30-39)49-34-46(55-66-50-18-10-13-29-62-50)44-32-38(16-8-11-26-57)43(17-9-12-27-58)51-45-33-42(64-41-21-23-47(61-3)40(31-41)35-59)22-24-48(45)65-54(49,52(44)51)63-28-5-2/h5-7,14-15,19-24,30-33,35,38,43,49-52,57-58H,2,4,8-13,16-18,25-29,34H2,1,3H3. The van der Waals surface area contributed by atoms with Gasteiger partial charge in [-0.1, -0.05) is 67.4 Å². The second-order valence-electron chi connectivity index (χ2n) is 17.9. The maximum atomic E-state index is 15.3. The number of nitrogens with zero attached hydrogens (tertiary/aromatic N) is 2. The van der Waals surface area contributed by atoms with E-state index in [4.69, 9.17) is 33.7 Å².